The van der Waals surface area contributed by atoms with Gasteiger partial charge in [0.05, 0.1) is 12.5 Å². The molecule has 1 aromatic rings. The van der Waals surface area contributed by atoms with Crippen molar-refractivity contribution in [2.75, 3.05) is 6.54 Å². The van der Waals surface area contributed by atoms with Gasteiger partial charge in [-0.2, -0.15) is 0 Å². The van der Waals surface area contributed by atoms with Crippen LogP contribution in [0.25, 0.3) is 0 Å². The Morgan fingerprint density at radius 1 is 1.25 bits per heavy atom. The molecule has 0 aliphatic rings. The molecule has 108 valence electrons. The molecule has 0 heterocycles. The molecule has 20 heavy (non-hydrogen) atoms. The fourth-order valence-corrected chi connectivity index (χ4v) is 1.32. The van der Waals surface area contributed by atoms with Crippen LogP contribution in [0.3, 0.4) is 0 Å². The van der Waals surface area contributed by atoms with Crippen LogP contribution in [0.5, 0.6) is 0 Å². The highest BCUT2D eigenvalue weighted by atomic mass is 16.5. The summed E-state index contributed by atoms with van der Waals surface area (Å²) in [5, 5.41) is 14.5. The first-order valence-corrected chi connectivity index (χ1v) is 5.94. The standard InChI is InChI=1S/C13H16N2O5/c1-9(12(18)14-7-11(16)17)15-13(19)20-8-10-5-3-2-4-6-10/h2-6,9H,7-8H2,1H3,(H,14,18)(H,15,19)(H,16,17)/p-1/t9-/m1/s1. The van der Waals surface area contributed by atoms with Crippen LogP contribution in [0.15, 0.2) is 30.3 Å². The van der Waals surface area contributed by atoms with Gasteiger partial charge >= 0.3 is 6.09 Å². The first-order chi connectivity index (χ1) is 9.49. The minimum absolute atomic E-state index is 0.0834. The summed E-state index contributed by atoms with van der Waals surface area (Å²) in [4.78, 5) is 33.0. The molecule has 0 aromatic heterocycles. The highest BCUT2D eigenvalue weighted by Gasteiger charge is 2.15. The lowest BCUT2D eigenvalue weighted by molar-refractivity contribution is -0.304. The molecule has 7 heteroatoms. The number of amides is 2. The van der Waals surface area contributed by atoms with Crippen molar-refractivity contribution in [1.82, 2.24) is 10.6 Å². The summed E-state index contributed by atoms with van der Waals surface area (Å²) in [6.45, 7) is 0.887. The van der Waals surface area contributed by atoms with E-state index >= 15 is 0 Å². The van der Waals surface area contributed by atoms with Crippen LogP contribution in [0.2, 0.25) is 0 Å². The molecule has 2 amide bonds. The lowest BCUT2D eigenvalue weighted by atomic mass is 10.2. The fraction of sp³-hybridized carbons (Fsp3) is 0.308. The quantitative estimate of drug-likeness (QED) is 0.706. The minimum Gasteiger partial charge on any atom is -0.548 e. The van der Waals surface area contributed by atoms with Crippen LogP contribution in [0, 0.1) is 0 Å². The smallest absolute Gasteiger partial charge is 0.408 e. The van der Waals surface area contributed by atoms with Crippen molar-refractivity contribution in [2.45, 2.75) is 19.6 Å². The normalized spacial score (nSPS) is 11.2. The Hall–Kier alpha value is -2.57. The SMILES string of the molecule is C[C@@H](NC(=O)OCc1ccccc1)C(=O)NCC(=O)[O-]. The molecule has 0 fully saturated rings. The zero-order chi connectivity index (χ0) is 15.0. The number of hydrogen-bond acceptors (Lipinski definition) is 5. The van der Waals surface area contributed by atoms with Crippen LogP contribution in [-0.2, 0) is 20.9 Å². The summed E-state index contributed by atoms with van der Waals surface area (Å²) in [5.41, 5.74) is 0.816. The number of nitrogens with one attached hydrogen (secondary N) is 2. The van der Waals surface area contributed by atoms with Crippen LogP contribution < -0.4 is 15.7 Å². The van der Waals surface area contributed by atoms with Gasteiger partial charge in [-0.05, 0) is 12.5 Å². The van der Waals surface area contributed by atoms with Gasteiger partial charge in [0.1, 0.15) is 12.6 Å². The maximum Gasteiger partial charge on any atom is 0.408 e. The molecule has 0 aliphatic carbocycles. The molecule has 7 nitrogen and oxygen atoms in total. The van der Waals surface area contributed by atoms with Crippen molar-refractivity contribution in [1.29, 1.82) is 0 Å². The first-order valence-electron chi connectivity index (χ1n) is 5.94. The molecule has 0 saturated heterocycles. The molecule has 0 radical (unpaired) electrons. The van der Waals surface area contributed by atoms with Crippen LogP contribution in [0.4, 0.5) is 4.79 Å². The second-order valence-electron chi connectivity index (χ2n) is 4.02. The van der Waals surface area contributed by atoms with Crippen molar-refractivity contribution >= 4 is 18.0 Å². The van der Waals surface area contributed by atoms with Gasteiger partial charge < -0.3 is 25.3 Å². The van der Waals surface area contributed by atoms with E-state index in [-0.39, 0.29) is 6.61 Å². The van der Waals surface area contributed by atoms with Gasteiger partial charge in [0.15, 0.2) is 0 Å². The maximum atomic E-state index is 11.4. The Labute approximate surface area is 115 Å². The summed E-state index contributed by atoms with van der Waals surface area (Å²) < 4.78 is 4.92. The van der Waals surface area contributed by atoms with Gasteiger partial charge in [-0.1, -0.05) is 30.3 Å². The summed E-state index contributed by atoms with van der Waals surface area (Å²) in [6, 6.07) is 8.15. The van der Waals surface area contributed by atoms with Crippen LogP contribution in [0.1, 0.15) is 12.5 Å². The van der Waals surface area contributed by atoms with E-state index in [1.165, 1.54) is 6.92 Å². The van der Waals surface area contributed by atoms with Gasteiger partial charge in [-0.3, -0.25) is 4.79 Å². The molecule has 0 spiro atoms. The highest BCUT2D eigenvalue weighted by molar-refractivity contribution is 5.87. The van der Waals surface area contributed by atoms with E-state index < -0.39 is 30.6 Å². The van der Waals surface area contributed by atoms with Crippen LogP contribution in [-0.4, -0.2) is 30.6 Å². The van der Waals surface area contributed by atoms with E-state index in [1.807, 2.05) is 18.2 Å². The molecular formula is C13H15N2O5-. The number of hydrogen-bond donors (Lipinski definition) is 2. The molecule has 1 atom stereocenters. The van der Waals surface area contributed by atoms with Gasteiger partial charge in [0.25, 0.3) is 0 Å². The number of ether oxygens (including phenoxy) is 1. The van der Waals surface area contributed by atoms with E-state index in [2.05, 4.69) is 10.6 Å². The van der Waals surface area contributed by atoms with Crippen LogP contribution >= 0.6 is 0 Å². The molecule has 0 saturated carbocycles. The number of benzene rings is 1. The number of carbonyl (C=O) groups excluding carboxylic acids is 3. The maximum absolute atomic E-state index is 11.4. The second-order valence-corrected chi connectivity index (χ2v) is 4.02. The average Bonchev–Trinajstić information content (AvgIpc) is 2.43. The summed E-state index contributed by atoms with van der Waals surface area (Å²) in [6.07, 6.45) is -0.759. The number of alkyl carbamates (subject to hydrolysis) is 1. The number of carbonyl (C=O) groups is 3. The van der Waals surface area contributed by atoms with Crippen molar-refractivity contribution in [2.24, 2.45) is 0 Å². The van der Waals surface area contributed by atoms with E-state index in [9.17, 15) is 19.5 Å². The monoisotopic (exact) mass is 279 g/mol. The van der Waals surface area contributed by atoms with Crippen molar-refractivity contribution < 1.29 is 24.2 Å². The molecule has 0 unspecified atom stereocenters. The van der Waals surface area contributed by atoms with Crippen molar-refractivity contribution in [3.8, 4) is 0 Å². The van der Waals surface area contributed by atoms with Gasteiger partial charge in [-0.25, -0.2) is 4.79 Å². The Balaban J connectivity index is 2.30. The average molecular weight is 279 g/mol. The Morgan fingerprint density at radius 3 is 2.50 bits per heavy atom. The third-order valence-corrected chi connectivity index (χ3v) is 2.35. The second kappa shape index (κ2) is 7.78. The van der Waals surface area contributed by atoms with E-state index in [1.54, 1.807) is 12.1 Å². The summed E-state index contributed by atoms with van der Waals surface area (Å²) in [5.74, 6) is -2.04. The lowest BCUT2D eigenvalue weighted by Crippen LogP contribution is -2.47. The Kier molecular flexibility index (Phi) is 6.02. The lowest BCUT2D eigenvalue weighted by Gasteiger charge is -2.14. The van der Waals surface area contributed by atoms with Gasteiger partial charge in [-0.15, -0.1) is 0 Å². The van der Waals surface area contributed by atoms with E-state index in [4.69, 9.17) is 4.74 Å². The first kappa shape index (κ1) is 15.5. The molecule has 1 rings (SSSR count). The molecule has 2 N–H and O–H groups in total. The predicted molar refractivity (Wildman–Crippen MR) is 67.2 cm³/mol. The largest absolute Gasteiger partial charge is 0.548 e. The third kappa shape index (κ3) is 5.85. The molecular weight excluding hydrogens is 264 g/mol. The zero-order valence-corrected chi connectivity index (χ0v) is 10.9. The van der Waals surface area contributed by atoms with Gasteiger partial charge in [0.2, 0.25) is 5.91 Å². The number of carboxylic acids is 1. The number of rotatable bonds is 6. The zero-order valence-electron chi connectivity index (χ0n) is 10.9. The van der Waals surface area contributed by atoms with Crippen molar-refractivity contribution in [3.05, 3.63) is 35.9 Å². The number of carboxylic acid groups (broad SMARTS) is 1. The minimum atomic E-state index is -1.41. The Bertz CT molecular complexity index is 475. The molecule has 0 bridgehead atoms. The van der Waals surface area contributed by atoms with E-state index in [0.717, 1.165) is 5.56 Å². The summed E-state index contributed by atoms with van der Waals surface area (Å²) in [7, 11) is 0. The van der Waals surface area contributed by atoms with Crippen molar-refractivity contribution in [3.63, 3.8) is 0 Å². The van der Waals surface area contributed by atoms with E-state index in [0.29, 0.717) is 0 Å². The fourth-order valence-electron chi connectivity index (χ4n) is 1.32. The topological polar surface area (TPSA) is 108 Å². The molecule has 1 aromatic carbocycles. The predicted octanol–water partition coefficient (Wildman–Crippen LogP) is -0.833. The Morgan fingerprint density at radius 2 is 1.90 bits per heavy atom. The van der Waals surface area contributed by atoms with Gasteiger partial charge in [0, 0.05) is 0 Å². The number of aliphatic carboxylic acids is 1. The highest BCUT2D eigenvalue weighted by Crippen LogP contribution is 2.00. The summed E-state index contributed by atoms with van der Waals surface area (Å²) >= 11 is 0. The third-order valence-electron chi connectivity index (χ3n) is 2.35. The molecule has 0 aliphatic heterocycles.